The Morgan fingerprint density at radius 3 is 2.59 bits per heavy atom. The molecule has 1 aliphatic rings. The number of halogens is 3. The van der Waals surface area contributed by atoms with Crippen molar-refractivity contribution >= 4 is 17.5 Å². The van der Waals surface area contributed by atoms with E-state index in [0.29, 0.717) is 5.56 Å². The number of ether oxygens (including phenoxy) is 1. The van der Waals surface area contributed by atoms with Crippen LogP contribution in [0.15, 0.2) is 18.2 Å². The molecule has 0 saturated heterocycles. The quantitative estimate of drug-likeness (QED) is 0.563. The number of nitrogens with zero attached hydrogens (tertiary/aromatic N) is 1. The van der Waals surface area contributed by atoms with Gasteiger partial charge in [0.2, 0.25) is 5.91 Å². The highest BCUT2D eigenvalue weighted by atomic mass is 35.5. The Morgan fingerprint density at radius 1 is 1.38 bits per heavy atom. The zero-order valence-corrected chi connectivity index (χ0v) is 16.6. The predicted octanol–water partition coefficient (Wildman–Crippen LogP) is 2.66. The lowest BCUT2D eigenvalue weighted by molar-refractivity contribution is -0.117. The van der Waals surface area contributed by atoms with Crippen molar-refractivity contribution in [2.24, 2.45) is 17.4 Å². The van der Waals surface area contributed by atoms with Crippen LogP contribution in [-0.2, 0) is 16.8 Å². The van der Waals surface area contributed by atoms with E-state index in [0.717, 1.165) is 18.9 Å². The van der Waals surface area contributed by atoms with Crippen molar-refractivity contribution in [1.82, 2.24) is 4.98 Å². The second kappa shape index (κ2) is 8.22. The van der Waals surface area contributed by atoms with E-state index in [9.17, 15) is 18.7 Å². The van der Waals surface area contributed by atoms with E-state index in [2.05, 4.69) is 4.98 Å². The number of carbonyl (C=O) groups excluding carboxylic acids is 1. The normalized spacial score (nSPS) is 15.8. The molecule has 5 N–H and O–H groups in total. The molecule has 1 aromatic heterocycles. The summed E-state index contributed by atoms with van der Waals surface area (Å²) in [5.41, 5.74) is 10.6. The van der Waals surface area contributed by atoms with Crippen LogP contribution in [-0.4, -0.2) is 29.1 Å². The first kappa shape index (κ1) is 21.4. The van der Waals surface area contributed by atoms with Crippen LogP contribution in [0.5, 0.6) is 5.75 Å². The van der Waals surface area contributed by atoms with Gasteiger partial charge in [-0.05, 0) is 43.9 Å². The highest BCUT2D eigenvalue weighted by Crippen LogP contribution is 2.46. The number of hydrogen-bond acceptors (Lipinski definition) is 5. The van der Waals surface area contributed by atoms with E-state index >= 15 is 0 Å². The maximum absolute atomic E-state index is 14.0. The molecule has 0 radical (unpaired) electrons. The molecule has 2 aromatic rings. The standard InChI is InChI=1S/C20H22ClF2N3O3/c1-2-29-19-11(8-16(25)27)7-15(20(28,9-24)12-3-4-12)26-18(19)10-5-13(21)17(23)14(22)6-10/h5-7,12,28H,2-4,8-9,24H2,1H3,(H2,25,27)/t20-/m1/s1. The smallest absolute Gasteiger partial charge is 0.221 e. The molecule has 1 heterocycles. The van der Waals surface area contributed by atoms with E-state index in [1.807, 2.05) is 0 Å². The van der Waals surface area contributed by atoms with Crippen LogP contribution in [0.3, 0.4) is 0 Å². The third-order valence-electron chi connectivity index (χ3n) is 4.97. The third-order valence-corrected chi connectivity index (χ3v) is 5.24. The predicted molar refractivity (Wildman–Crippen MR) is 104 cm³/mol. The lowest BCUT2D eigenvalue weighted by Crippen LogP contribution is -2.38. The minimum Gasteiger partial charge on any atom is -0.491 e. The van der Waals surface area contributed by atoms with Crippen LogP contribution >= 0.6 is 11.6 Å². The summed E-state index contributed by atoms with van der Waals surface area (Å²) in [6.45, 7) is 1.86. The molecule has 1 aromatic carbocycles. The van der Waals surface area contributed by atoms with Crippen LogP contribution in [0.2, 0.25) is 5.02 Å². The minimum atomic E-state index is -1.42. The summed E-state index contributed by atoms with van der Waals surface area (Å²) in [5.74, 6) is -2.86. The molecule has 9 heteroatoms. The number of nitrogens with two attached hydrogens (primary N) is 2. The molecule has 0 aliphatic heterocycles. The van der Waals surface area contributed by atoms with Crippen LogP contribution in [0.25, 0.3) is 11.3 Å². The van der Waals surface area contributed by atoms with E-state index in [1.165, 1.54) is 12.1 Å². The Balaban J connectivity index is 2.29. The molecule has 1 saturated carbocycles. The van der Waals surface area contributed by atoms with Crippen LogP contribution in [0.4, 0.5) is 8.78 Å². The fourth-order valence-corrected chi connectivity index (χ4v) is 3.57. The third kappa shape index (κ3) is 4.19. The lowest BCUT2D eigenvalue weighted by atomic mass is 9.90. The maximum Gasteiger partial charge on any atom is 0.221 e. The Labute approximate surface area is 171 Å². The number of amides is 1. The van der Waals surface area contributed by atoms with E-state index in [4.69, 9.17) is 27.8 Å². The number of pyridine rings is 1. The number of hydrogen-bond donors (Lipinski definition) is 3. The van der Waals surface area contributed by atoms with Gasteiger partial charge in [0, 0.05) is 17.7 Å². The molecular weight excluding hydrogens is 404 g/mol. The molecule has 1 aliphatic carbocycles. The molecule has 0 spiro atoms. The monoisotopic (exact) mass is 425 g/mol. The average Bonchev–Trinajstić information content (AvgIpc) is 3.51. The summed E-state index contributed by atoms with van der Waals surface area (Å²) in [6.07, 6.45) is 1.36. The second-order valence-corrected chi connectivity index (χ2v) is 7.48. The van der Waals surface area contributed by atoms with Crippen LogP contribution < -0.4 is 16.2 Å². The van der Waals surface area contributed by atoms with Crippen molar-refractivity contribution in [3.63, 3.8) is 0 Å². The molecule has 156 valence electrons. The molecule has 3 rings (SSSR count). The zero-order chi connectivity index (χ0) is 21.3. The summed E-state index contributed by atoms with van der Waals surface area (Å²) in [6, 6.07) is 3.68. The maximum atomic E-state index is 14.0. The van der Waals surface area contributed by atoms with Crippen molar-refractivity contribution < 1.29 is 23.4 Å². The number of rotatable bonds is 8. The topological polar surface area (TPSA) is 111 Å². The lowest BCUT2D eigenvalue weighted by Gasteiger charge is -2.28. The van der Waals surface area contributed by atoms with Gasteiger partial charge in [-0.2, -0.15) is 0 Å². The van der Waals surface area contributed by atoms with Gasteiger partial charge in [-0.3, -0.25) is 4.79 Å². The first-order valence-electron chi connectivity index (χ1n) is 9.24. The van der Waals surface area contributed by atoms with Gasteiger partial charge in [-0.25, -0.2) is 13.8 Å². The summed E-state index contributed by atoms with van der Waals surface area (Å²) in [5, 5.41) is 10.7. The fraction of sp³-hybridized carbons (Fsp3) is 0.400. The summed E-state index contributed by atoms with van der Waals surface area (Å²) in [7, 11) is 0. The summed E-state index contributed by atoms with van der Waals surface area (Å²) in [4.78, 5) is 16.1. The van der Waals surface area contributed by atoms with Gasteiger partial charge >= 0.3 is 0 Å². The van der Waals surface area contributed by atoms with E-state index < -0.39 is 28.2 Å². The molecule has 29 heavy (non-hydrogen) atoms. The number of carbonyl (C=O) groups is 1. The Hall–Kier alpha value is -2.29. The molecule has 1 fully saturated rings. The fourth-order valence-electron chi connectivity index (χ4n) is 3.36. The molecular formula is C20H22ClF2N3O3. The molecule has 0 unspecified atom stereocenters. The van der Waals surface area contributed by atoms with Gasteiger partial charge in [-0.15, -0.1) is 0 Å². The van der Waals surface area contributed by atoms with Gasteiger partial charge in [-0.1, -0.05) is 11.6 Å². The zero-order valence-electron chi connectivity index (χ0n) is 15.8. The van der Waals surface area contributed by atoms with Gasteiger partial charge < -0.3 is 21.3 Å². The summed E-state index contributed by atoms with van der Waals surface area (Å²) >= 11 is 5.81. The Kier molecular flexibility index (Phi) is 6.07. The first-order chi connectivity index (χ1) is 13.7. The number of primary amides is 1. The number of aromatic nitrogens is 1. The highest BCUT2D eigenvalue weighted by molar-refractivity contribution is 6.31. The minimum absolute atomic E-state index is 0.0826. The average molecular weight is 426 g/mol. The Morgan fingerprint density at radius 2 is 2.07 bits per heavy atom. The Bertz CT molecular complexity index is 930. The van der Waals surface area contributed by atoms with Gasteiger partial charge in [0.25, 0.3) is 0 Å². The van der Waals surface area contributed by atoms with Crippen molar-refractivity contribution in [3.05, 3.63) is 46.1 Å². The second-order valence-electron chi connectivity index (χ2n) is 7.08. The molecule has 1 atom stereocenters. The van der Waals surface area contributed by atoms with E-state index in [-0.39, 0.29) is 48.2 Å². The molecule has 6 nitrogen and oxygen atoms in total. The van der Waals surface area contributed by atoms with E-state index in [1.54, 1.807) is 6.92 Å². The van der Waals surface area contributed by atoms with Gasteiger partial charge in [0.1, 0.15) is 17.0 Å². The van der Waals surface area contributed by atoms with Gasteiger partial charge in [0.15, 0.2) is 11.6 Å². The van der Waals surface area contributed by atoms with Crippen molar-refractivity contribution in [1.29, 1.82) is 0 Å². The van der Waals surface area contributed by atoms with Crippen molar-refractivity contribution in [3.8, 4) is 17.0 Å². The number of aliphatic hydroxyl groups is 1. The van der Waals surface area contributed by atoms with Crippen LogP contribution in [0.1, 0.15) is 31.0 Å². The van der Waals surface area contributed by atoms with Crippen molar-refractivity contribution in [2.45, 2.75) is 31.8 Å². The SMILES string of the molecule is CCOc1c(CC(N)=O)cc([C@@](O)(CN)C2CC2)nc1-c1cc(F)c(F)c(Cl)c1. The molecule has 0 bridgehead atoms. The first-order valence-corrected chi connectivity index (χ1v) is 9.61. The van der Waals surface area contributed by atoms with Gasteiger partial charge in [0.05, 0.1) is 23.7 Å². The summed E-state index contributed by atoms with van der Waals surface area (Å²) < 4.78 is 33.4. The van der Waals surface area contributed by atoms with Crippen molar-refractivity contribution in [2.75, 3.05) is 13.2 Å². The number of benzene rings is 1. The molecule has 1 amide bonds. The van der Waals surface area contributed by atoms with Crippen LogP contribution in [0, 0.1) is 17.6 Å². The highest BCUT2D eigenvalue weighted by Gasteiger charge is 2.46. The largest absolute Gasteiger partial charge is 0.491 e.